The largest absolute Gasteiger partial charge is 0.394 e. The molecule has 0 rings (SSSR count). The van der Waals surface area contributed by atoms with E-state index in [4.69, 9.17) is 10.2 Å². The van der Waals surface area contributed by atoms with Gasteiger partial charge < -0.3 is 15.5 Å². The van der Waals surface area contributed by atoms with E-state index in [9.17, 15) is 0 Å². The Labute approximate surface area is 107 Å². The summed E-state index contributed by atoms with van der Waals surface area (Å²) < 4.78 is 0. The Hall–Kier alpha value is -0.120. The Morgan fingerprint density at radius 2 is 1.47 bits per heavy atom. The van der Waals surface area contributed by atoms with Gasteiger partial charge in [-0.1, -0.05) is 51.9 Å². The molecule has 0 aliphatic carbocycles. The minimum atomic E-state index is -0.555. The number of aliphatic hydroxyl groups is 2. The maximum atomic E-state index is 9.11. The summed E-state index contributed by atoms with van der Waals surface area (Å²) in [6, 6.07) is 0. The first kappa shape index (κ1) is 16.9. The van der Waals surface area contributed by atoms with Crippen molar-refractivity contribution in [3.8, 4) is 0 Å². The zero-order valence-corrected chi connectivity index (χ0v) is 11.5. The van der Waals surface area contributed by atoms with E-state index >= 15 is 0 Å². The molecule has 0 saturated carbocycles. The molecule has 0 aliphatic heterocycles. The number of hydrogen-bond acceptors (Lipinski definition) is 3. The van der Waals surface area contributed by atoms with Gasteiger partial charge in [-0.15, -0.1) is 0 Å². The van der Waals surface area contributed by atoms with Gasteiger partial charge >= 0.3 is 0 Å². The molecule has 0 radical (unpaired) electrons. The Bertz CT molecular complexity index is 142. The number of hydrogen-bond donors (Lipinski definition) is 3. The summed E-state index contributed by atoms with van der Waals surface area (Å²) in [5, 5.41) is 21.0. The van der Waals surface area contributed by atoms with E-state index in [2.05, 4.69) is 12.2 Å². The van der Waals surface area contributed by atoms with E-state index in [0.29, 0.717) is 6.42 Å². The maximum absolute atomic E-state index is 9.11. The third kappa shape index (κ3) is 13.8. The van der Waals surface area contributed by atoms with Crippen molar-refractivity contribution in [1.29, 1.82) is 0 Å². The maximum Gasteiger partial charge on any atom is 0.0783 e. The van der Waals surface area contributed by atoms with Crippen molar-refractivity contribution in [2.75, 3.05) is 19.7 Å². The topological polar surface area (TPSA) is 52.5 Å². The van der Waals surface area contributed by atoms with Crippen LogP contribution in [0.3, 0.4) is 0 Å². The first-order valence-electron chi connectivity index (χ1n) is 7.31. The van der Waals surface area contributed by atoms with Gasteiger partial charge in [-0.2, -0.15) is 0 Å². The standard InChI is InChI=1S/C14H31NO2/c1-2-3-4-5-6-7-8-9-11-15-12-10-14(17)13-16/h14-17H,2-13H2,1H3/t14-/m0/s1. The van der Waals surface area contributed by atoms with E-state index in [-0.39, 0.29) is 6.61 Å². The Morgan fingerprint density at radius 1 is 0.882 bits per heavy atom. The third-order valence-corrected chi connectivity index (χ3v) is 3.07. The molecule has 3 nitrogen and oxygen atoms in total. The molecule has 1 atom stereocenters. The SMILES string of the molecule is CCCCCCCCCCNCC[C@H](O)CO. The third-order valence-electron chi connectivity index (χ3n) is 3.07. The molecule has 0 spiro atoms. The van der Waals surface area contributed by atoms with Gasteiger partial charge in [0.1, 0.15) is 0 Å². The van der Waals surface area contributed by atoms with Crippen molar-refractivity contribution < 1.29 is 10.2 Å². The molecule has 0 fully saturated rings. The van der Waals surface area contributed by atoms with Crippen LogP contribution in [0.5, 0.6) is 0 Å². The predicted molar refractivity (Wildman–Crippen MR) is 73.2 cm³/mol. The minimum absolute atomic E-state index is 0.126. The number of rotatable bonds is 13. The summed E-state index contributed by atoms with van der Waals surface area (Å²) in [4.78, 5) is 0. The average molecular weight is 245 g/mol. The van der Waals surface area contributed by atoms with Crippen LogP contribution in [-0.2, 0) is 0 Å². The summed E-state index contributed by atoms with van der Waals surface area (Å²) in [5.41, 5.74) is 0. The van der Waals surface area contributed by atoms with Gasteiger partial charge in [-0.05, 0) is 25.9 Å². The van der Waals surface area contributed by atoms with Gasteiger partial charge in [0, 0.05) is 0 Å². The van der Waals surface area contributed by atoms with E-state index in [1.165, 1.54) is 51.4 Å². The van der Waals surface area contributed by atoms with Crippen molar-refractivity contribution >= 4 is 0 Å². The van der Waals surface area contributed by atoms with Crippen LogP contribution in [0.2, 0.25) is 0 Å². The molecule has 0 aliphatic rings. The van der Waals surface area contributed by atoms with Crippen molar-refractivity contribution in [1.82, 2.24) is 5.32 Å². The van der Waals surface area contributed by atoms with E-state index in [1.54, 1.807) is 0 Å². The molecule has 0 aromatic carbocycles. The number of aliphatic hydroxyl groups excluding tert-OH is 2. The van der Waals surface area contributed by atoms with Crippen LogP contribution < -0.4 is 5.32 Å². The van der Waals surface area contributed by atoms with Crippen LogP contribution in [0.4, 0.5) is 0 Å². The van der Waals surface area contributed by atoms with Gasteiger partial charge in [0.15, 0.2) is 0 Å². The van der Waals surface area contributed by atoms with E-state index < -0.39 is 6.10 Å². The van der Waals surface area contributed by atoms with E-state index in [1.807, 2.05) is 0 Å². The molecule has 104 valence electrons. The first-order valence-corrected chi connectivity index (χ1v) is 7.31. The lowest BCUT2D eigenvalue weighted by Gasteiger charge is -2.08. The molecule has 3 heteroatoms. The van der Waals surface area contributed by atoms with Gasteiger partial charge in [-0.3, -0.25) is 0 Å². The summed E-state index contributed by atoms with van der Waals surface area (Å²) in [7, 11) is 0. The second kappa shape index (κ2) is 13.9. The normalized spacial score (nSPS) is 12.9. The fraction of sp³-hybridized carbons (Fsp3) is 1.00. The monoisotopic (exact) mass is 245 g/mol. The summed E-state index contributed by atoms with van der Waals surface area (Å²) in [6.45, 7) is 3.96. The highest BCUT2D eigenvalue weighted by Crippen LogP contribution is 2.07. The van der Waals surface area contributed by atoms with Crippen LogP contribution in [0.15, 0.2) is 0 Å². The van der Waals surface area contributed by atoms with E-state index in [0.717, 1.165) is 13.1 Å². The van der Waals surface area contributed by atoms with Gasteiger partial charge in [0.25, 0.3) is 0 Å². The lowest BCUT2D eigenvalue weighted by molar-refractivity contribution is 0.0883. The second-order valence-electron chi connectivity index (χ2n) is 4.85. The smallest absolute Gasteiger partial charge is 0.0783 e. The van der Waals surface area contributed by atoms with Crippen molar-refractivity contribution in [3.63, 3.8) is 0 Å². The highest BCUT2D eigenvalue weighted by atomic mass is 16.3. The fourth-order valence-electron chi connectivity index (χ4n) is 1.87. The number of nitrogens with one attached hydrogen (secondary N) is 1. The van der Waals surface area contributed by atoms with Crippen LogP contribution >= 0.6 is 0 Å². The molecule has 0 amide bonds. The summed E-state index contributed by atoms with van der Waals surface area (Å²) in [6.07, 6.45) is 10.9. The molecule has 0 aromatic rings. The predicted octanol–water partition coefficient (Wildman–Crippen LogP) is 2.46. The lowest BCUT2D eigenvalue weighted by atomic mass is 10.1. The first-order chi connectivity index (χ1) is 8.31. The Kier molecular flexibility index (Phi) is 13.8. The lowest BCUT2D eigenvalue weighted by Crippen LogP contribution is -2.23. The zero-order chi connectivity index (χ0) is 12.8. The van der Waals surface area contributed by atoms with Crippen LogP contribution in [0, 0.1) is 0 Å². The molecule has 0 aromatic heterocycles. The zero-order valence-electron chi connectivity index (χ0n) is 11.5. The van der Waals surface area contributed by atoms with Crippen molar-refractivity contribution in [3.05, 3.63) is 0 Å². The molecule has 0 saturated heterocycles. The molecule has 0 unspecified atom stereocenters. The molecule has 3 N–H and O–H groups in total. The minimum Gasteiger partial charge on any atom is -0.394 e. The highest BCUT2D eigenvalue weighted by molar-refractivity contribution is 4.56. The molecular weight excluding hydrogens is 214 g/mol. The van der Waals surface area contributed by atoms with Gasteiger partial charge in [0.05, 0.1) is 12.7 Å². The number of unbranched alkanes of at least 4 members (excludes halogenated alkanes) is 7. The Morgan fingerprint density at radius 3 is 2.06 bits per heavy atom. The van der Waals surface area contributed by atoms with Gasteiger partial charge in [0.2, 0.25) is 0 Å². The molecule has 0 heterocycles. The van der Waals surface area contributed by atoms with Crippen LogP contribution in [-0.4, -0.2) is 36.0 Å². The van der Waals surface area contributed by atoms with Crippen LogP contribution in [0.25, 0.3) is 0 Å². The van der Waals surface area contributed by atoms with Gasteiger partial charge in [-0.25, -0.2) is 0 Å². The van der Waals surface area contributed by atoms with Crippen molar-refractivity contribution in [2.45, 2.75) is 70.8 Å². The highest BCUT2D eigenvalue weighted by Gasteiger charge is 1.99. The molecule has 0 bridgehead atoms. The second-order valence-corrected chi connectivity index (χ2v) is 4.85. The Balaban J connectivity index is 2.94. The summed E-state index contributed by atoms with van der Waals surface area (Å²) in [5.74, 6) is 0. The van der Waals surface area contributed by atoms with Crippen LogP contribution in [0.1, 0.15) is 64.7 Å². The summed E-state index contributed by atoms with van der Waals surface area (Å²) >= 11 is 0. The average Bonchev–Trinajstić information content (AvgIpc) is 2.35. The molecular formula is C14H31NO2. The molecule has 17 heavy (non-hydrogen) atoms. The fourth-order valence-corrected chi connectivity index (χ4v) is 1.87. The van der Waals surface area contributed by atoms with Crippen molar-refractivity contribution in [2.24, 2.45) is 0 Å². The quantitative estimate of drug-likeness (QED) is 0.437.